The number of likely N-dealkylation sites (tertiary alicyclic amines) is 1. The zero-order chi connectivity index (χ0) is 26.3. The van der Waals surface area contributed by atoms with Gasteiger partial charge in [0.2, 0.25) is 0 Å². The number of fused-ring (bicyclic) bond motifs is 4. The second kappa shape index (κ2) is 9.59. The molecule has 37 heavy (non-hydrogen) atoms. The van der Waals surface area contributed by atoms with Crippen molar-refractivity contribution in [3.63, 3.8) is 0 Å². The molecular weight excluding hydrogens is 492 g/mol. The van der Waals surface area contributed by atoms with Crippen LogP contribution < -0.4 is 19.9 Å². The van der Waals surface area contributed by atoms with Gasteiger partial charge in [0.15, 0.2) is 0 Å². The molecule has 0 aliphatic carbocycles. The third-order valence-corrected chi connectivity index (χ3v) is 8.52. The Kier molecular flexibility index (Phi) is 6.45. The number of rotatable bonds is 6. The van der Waals surface area contributed by atoms with E-state index >= 15 is 0 Å². The zero-order valence-corrected chi connectivity index (χ0v) is 21.9. The summed E-state index contributed by atoms with van der Waals surface area (Å²) in [5.74, 6) is 0.650. The molecule has 1 saturated heterocycles. The van der Waals surface area contributed by atoms with Gasteiger partial charge in [0.05, 0.1) is 12.0 Å². The number of amides is 1. The van der Waals surface area contributed by atoms with Gasteiger partial charge in [-0.2, -0.15) is 0 Å². The topological polar surface area (TPSA) is 101 Å². The molecule has 1 aromatic heterocycles. The van der Waals surface area contributed by atoms with Gasteiger partial charge in [-0.1, -0.05) is 0 Å². The number of hydrogen-bond donors (Lipinski definition) is 1. The fraction of sp³-hybridized carbons (Fsp3) is 0.333. The predicted molar refractivity (Wildman–Crippen MR) is 142 cm³/mol. The number of sulfonamides is 1. The number of nitrogens with one attached hydrogen (secondary N) is 1. The Morgan fingerprint density at radius 1 is 0.973 bits per heavy atom. The van der Waals surface area contributed by atoms with E-state index in [1.54, 1.807) is 22.8 Å². The van der Waals surface area contributed by atoms with Crippen molar-refractivity contribution in [1.29, 1.82) is 0 Å². The minimum absolute atomic E-state index is 0.00783. The first kappa shape index (κ1) is 24.9. The number of piperidine rings is 1. The molecule has 2 aromatic carbocycles. The molecule has 1 amide bonds. The molecule has 1 fully saturated rings. The van der Waals surface area contributed by atoms with Gasteiger partial charge in [0, 0.05) is 56.6 Å². The quantitative estimate of drug-likeness (QED) is 0.534. The van der Waals surface area contributed by atoms with Gasteiger partial charge in [0.1, 0.15) is 11.4 Å². The number of ether oxygens (including phenoxy) is 1. The van der Waals surface area contributed by atoms with E-state index in [9.17, 15) is 18.0 Å². The second-order valence-electron chi connectivity index (χ2n) is 9.82. The van der Waals surface area contributed by atoms with E-state index in [4.69, 9.17) is 4.74 Å². The van der Waals surface area contributed by atoms with Gasteiger partial charge in [-0.15, -0.1) is 0 Å². The summed E-state index contributed by atoms with van der Waals surface area (Å²) in [4.78, 5) is 30.4. The van der Waals surface area contributed by atoms with Crippen LogP contribution in [0.3, 0.4) is 0 Å². The normalized spacial score (nSPS) is 18.6. The number of benzene rings is 2. The van der Waals surface area contributed by atoms with E-state index in [0.717, 1.165) is 17.8 Å². The molecule has 2 bridgehead atoms. The largest absolute Gasteiger partial charge is 0.497 e. The highest BCUT2D eigenvalue weighted by atomic mass is 32.2. The Bertz CT molecular complexity index is 1480. The average Bonchev–Trinajstić information content (AvgIpc) is 2.90. The molecule has 0 spiro atoms. The van der Waals surface area contributed by atoms with E-state index in [-0.39, 0.29) is 33.9 Å². The summed E-state index contributed by atoms with van der Waals surface area (Å²) in [6, 6.07) is 16.9. The Hall–Kier alpha value is -3.79. The van der Waals surface area contributed by atoms with Crippen molar-refractivity contribution >= 4 is 27.3 Å². The molecule has 10 heteroatoms. The van der Waals surface area contributed by atoms with Crippen molar-refractivity contribution < 1.29 is 17.9 Å². The lowest BCUT2D eigenvalue weighted by atomic mass is 9.83. The Morgan fingerprint density at radius 3 is 2.32 bits per heavy atom. The first-order chi connectivity index (χ1) is 17.7. The highest BCUT2D eigenvalue weighted by molar-refractivity contribution is 7.92. The van der Waals surface area contributed by atoms with Gasteiger partial charge in [-0.05, 0) is 73.0 Å². The van der Waals surface area contributed by atoms with Gasteiger partial charge in [0.25, 0.3) is 21.5 Å². The van der Waals surface area contributed by atoms with Crippen LogP contribution in [-0.2, 0) is 16.6 Å². The summed E-state index contributed by atoms with van der Waals surface area (Å²) < 4.78 is 35.0. The summed E-state index contributed by atoms with van der Waals surface area (Å²) in [5.41, 5.74) is 2.14. The molecule has 2 unspecified atom stereocenters. The maximum atomic E-state index is 13.3. The van der Waals surface area contributed by atoms with Crippen LogP contribution in [0.2, 0.25) is 0 Å². The van der Waals surface area contributed by atoms with E-state index in [2.05, 4.69) is 4.72 Å². The van der Waals surface area contributed by atoms with E-state index < -0.39 is 10.0 Å². The number of aromatic nitrogens is 1. The van der Waals surface area contributed by atoms with Gasteiger partial charge >= 0.3 is 0 Å². The zero-order valence-electron chi connectivity index (χ0n) is 21.0. The van der Waals surface area contributed by atoms with Crippen LogP contribution in [0.5, 0.6) is 5.75 Å². The fourth-order valence-electron chi connectivity index (χ4n) is 5.23. The number of carbonyl (C=O) groups excluding carboxylic acids is 1. The standard InChI is InChI=1S/C27H30N4O5S/c1-29(2)21-6-4-19(5-7-21)26(32)30-15-18-14-20(17-30)25-13-12-24(27(33)31(25)16-18)28-37(34,35)23-10-8-22(36-3)9-11-23/h4-13,18,20,28H,14-17H2,1-3H3. The predicted octanol–water partition coefficient (Wildman–Crippen LogP) is 2.98. The average molecular weight is 523 g/mol. The smallest absolute Gasteiger partial charge is 0.275 e. The van der Waals surface area contributed by atoms with Crippen molar-refractivity contribution in [3.8, 4) is 5.75 Å². The molecule has 5 rings (SSSR count). The third kappa shape index (κ3) is 4.81. The molecule has 2 atom stereocenters. The third-order valence-electron chi connectivity index (χ3n) is 7.14. The number of hydrogen-bond acceptors (Lipinski definition) is 6. The lowest BCUT2D eigenvalue weighted by Crippen LogP contribution is -2.49. The van der Waals surface area contributed by atoms with Crippen molar-refractivity contribution in [1.82, 2.24) is 9.47 Å². The monoisotopic (exact) mass is 522 g/mol. The van der Waals surface area contributed by atoms with Gasteiger partial charge in [-0.25, -0.2) is 8.42 Å². The molecular formula is C27H30N4O5S. The number of carbonyl (C=O) groups is 1. The number of nitrogens with zero attached hydrogens (tertiary/aromatic N) is 3. The van der Waals surface area contributed by atoms with Crippen molar-refractivity contribution in [2.75, 3.05) is 43.9 Å². The van der Waals surface area contributed by atoms with Crippen LogP contribution in [0.25, 0.3) is 0 Å². The van der Waals surface area contributed by atoms with Gasteiger partial charge < -0.3 is 19.1 Å². The summed E-state index contributed by atoms with van der Waals surface area (Å²) in [5, 5.41) is 0. The summed E-state index contributed by atoms with van der Waals surface area (Å²) in [7, 11) is 1.47. The van der Waals surface area contributed by atoms with Crippen LogP contribution in [0.4, 0.5) is 11.4 Å². The van der Waals surface area contributed by atoms with Crippen LogP contribution >= 0.6 is 0 Å². The van der Waals surface area contributed by atoms with Crippen molar-refractivity contribution in [3.05, 3.63) is 82.3 Å². The minimum atomic E-state index is -3.94. The van der Waals surface area contributed by atoms with Crippen molar-refractivity contribution in [2.24, 2.45) is 5.92 Å². The van der Waals surface area contributed by atoms with Crippen LogP contribution in [0, 0.1) is 5.92 Å². The first-order valence-electron chi connectivity index (χ1n) is 12.1. The molecule has 3 heterocycles. The maximum Gasteiger partial charge on any atom is 0.275 e. The highest BCUT2D eigenvalue weighted by Gasteiger charge is 2.37. The molecule has 2 aliphatic heterocycles. The molecule has 0 radical (unpaired) electrons. The Morgan fingerprint density at radius 2 is 1.68 bits per heavy atom. The summed E-state index contributed by atoms with van der Waals surface area (Å²) in [6.07, 6.45) is 0.889. The van der Waals surface area contributed by atoms with Crippen LogP contribution in [0.1, 0.15) is 28.4 Å². The van der Waals surface area contributed by atoms with E-state index in [0.29, 0.717) is 30.9 Å². The minimum Gasteiger partial charge on any atom is -0.497 e. The fourth-order valence-corrected chi connectivity index (χ4v) is 6.29. The maximum absolute atomic E-state index is 13.3. The second-order valence-corrected chi connectivity index (χ2v) is 11.5. The highest BCUT2D eigenvalue weighted by Crippen LogP contribution is 2.36. The lowest BCUT2D eigenvalue weighted by molar-refractivity contribution is 0.0594. The lowest BCUT2D eigenvalue weighted by Gasteiger charge is -2.43. The van der Waals surface area contributed by atoms with E-state index in [1.807, 2.05) is 48.2 Å². The van der Waals surface area contributed by atoms with E-state index in [1.165, 1.54) is 25.3 Å². The van der Waals surface area contributed by atoms with Crippen LogP contribution in [0.15, 0.2) is 70.4 Å². The molecule has 9 nitrogen and oxygen atoms in total. The molecule has 3 aromatic rings. The number of pyridine rings is 1. The Balaban J connectivity index is 1.36. The summed E-state index contributed by atoms with van der Waals surface area (Å²) in [6.45, 7) is 1.51. The Labute approximate surface area is 216 Å². The SMILES string of the molecule is COc1ccc(S(=O)(=O)Nc2ccc3n(c2=O)CC2CC3CN(C(=O)c3ccc(N(C)C)cc3)C2)cc1. The molecule has 194 valence electrons. The van der Waals surface area contributed by atoms with Gasteiger partial charge in [-0.3, -0.25) is 14.3 Å². The molecule has 1 N–H and O–H groups in total. The first-order valence-corrected chi connectivity index (χ1v) is 13.6. The van der Waals surface area contributed by atoms with Crippen molar-refractivity contribution in [2.45, 2.75) is 23.8 Å². The number of methoxy groups -OCH3 is 1. The molecule has 2 aliphatic rings. The summed E-state index contributed by atoms with van der Waals surface area (Å²) >= 11 is 0. The number of anilines is 2. The molecule has 0 saturated carbocycles. The van der Waals surface area contributed by atoms with Crippen LogP contribution in [-0.4, -0.2) is 58.1 Å².